The Morgan fingerprint density at radius 3 is 2.25 bits per heavy atom. The van der Waals surface area contributed by atoms with Crippen LogP contribution in [0.4, 0.5) is 5.69 Å². The maximum Gasteiger partial charge on any atom is 0.264 e. The second kappa shape index (κ2) is 11.8. The molecular formula is C31H34N4O4S. The minimum Gasteiger partial charge on any atom is -0.497 e. The highest BCUT2D eigenvalue weighted by atomic mass is 32.2. The van der Waals surface area contributed by atoms with Crippen molar-refractivity contribution < 1.29 is 17.9 Å². The molecule has 0 bridgehead atoms. The van der Waals surface area contributed by atoms with Crippen LogP contribution in [0.15, 0.2) is 82.8 Å². The van der Waals surface area contributed by atoms with Gasteiger partial charge in [0.1, 0.15) is 12.3 Å². The van der Waals surface area contributed by atoms with Crippen molar-refractivity contribution in [3.05, 3.63) is 106 Å². The highest BCUT2D eigenvalue weighted by Gasteiger charge is 2.27. The number of anilines is 1. The molecule has 0 saturated carbocycles. The minimum absolute atomic E-state index is 0.0798. The second-order valence-corrected chi connectivity index (χ2v) is 11.6. The van der Waals surface area contributed by atoms with Gasteiger partial charge in [0.05, 0.1) is 29.6 Å². The Hall–Kier alpha value is -4.37. The molecule has 4 aromatic rings. The van der Waals surface area contributed by atoms with E-state index >= 15 is 0 Å². The van der Waals surface area contributed by atoms with Gasteiger partial charge in [-0.15, -0.1) is 0 Å². The molecule has 3 aromatic carbocycles. The lowest BCUT2D eigenvalue weighted by molar-refractivity contribution is -0.119. The van der Waals surface area contributed by atoms with Gasteiger partial charge in [-0.05, 0) is 76.1 Å². The van der Waals surface area contributed by atoms with Crippen LogP contribution in [0.1, 0.15) is 33.6 Å². The summed E-state index contributed by atoms with van der Waals surface area (Å²) in [6.07, 6.45) is 1.58. The van der Waals surface area contributed by atoms with Crippen molar-refractivity contribution in [1.29, 1.82) is 0 Å². The van der Waals surface area contributed by atoms with Gasteiger partial charge in [-0.25, -0.2) is 13.8 Å². The molecule has 0 atom stereocenters. The smallest absolute Gasteiger partial charge is 0.264 e. The van der Waals surface area contributed by atoms with Crippen LogP contribution in [0.25, 0.3) is 5.69 Å². The zero-order valence-corrected chi connectivity index (χ0v) is 24.4. The van der Waals surface area contributed by atoms with Gasteiger partial charge in [-0.1, -0.05) is 42.0 Å². The maximum absolute atomic E-state index is 13.6. The molecule has 8 nitrogen and oxygen atoms in total. The number of nitrogens with one attached hydrogen (secondary N) is 1. The number of rotatable bonds is 9. The number of sulfonamides is 1. The predicted molar refractivity (Wildman–Crippen MR) is 159 cm³/mol. The lowest BCUT2D eigenvalue weighted by Crippen LogP contribution is -2.39. The van der Waals surface area contributed by atoms with Crippen molar-refractivity contribution >= 4 is 27.8 Å². The Morgan fingerprint density at radius 2 is 1.60 bits per heavy atom. The molecule has 0 unspecified atom stereocenters. The lowest BCUT2D eigenvalue weighted by Gasteiger charge is -2.24. The molecule has 0 aliphatic rings. The molecular weight excluding hydrogens is 524 g/mol. The first-order chi connectivity index (χ1) is 19.0. The fourth-order valence-corrected chi connectivity index (χ4v) is 6.09. The molecule has 0 radical (unpaired) electrons. The molecule has 4 rings (SSSR count). The number of carbonyl (C=O) groups excluding carboxylic acids is 1. The molecule has 1 aromatic heterocycles. The Morgan fingerprint density at radius 1 is 0.950 bits per heavy atom. The summed E-state index contributed by atoms with van der Waals surface area (Å²) in [6, 6.07) is 21.3. The topological polar surface area (TPSA) is 93.0 Å². The van der Waals surface area contributed by atoms with Gasteiger partial charge >= 0.3 is 0 Å². The fourth-order valence-electron chi connectivity index (χ4n) is 4.68. The van der Waals surface area contributed by atoms with Gasteiger partial charge < -0.3 is 9.30 Å². The molecule has 0 spiro atoms. The first-order valence-electron chi connectivity index (χ1n) is 12.8. The molecule has 1 N–H and O–H groups in total. The Bertz CT molecular complexity index is 1650. The molecule has 40 heavy (non-hydrogen) atoms. The van der Waals surface area contributed by atoms with E-state index in [2.05, 4.69) is 41.1 Å². The van der Waals surface area contributed by atoms with Gasteiger partial charge in [-0.2, -0.15) is 5.10 Å². The Balaban J connectivity index is 1.59. The van der Waals surface area contributed by atoms with Gasteiger partial charge in [0.2, 0.25) is 0 Å². The third-order valence-corrected chi connectivity index (χ3v) is 8.55. The van der Waals surface area contributed by atoms with Crippen molar-refractivity contribution in [3.63, 3.8) is 0 Å². The van der Waals surface area contributed by atoms with Crippen molar-refractivity contribution in [2.24, 2.45) is 5.10 Å². The number of aryl methyl sites for hydroxylation is 4. The summed E-state index contributed by atoms with van der Waals surface area (Å²) in [5.74, 6) is -0.113. The zero-order valence-electron chi connectivity index (χ0n) is 23.6. The summed E-state index contributed by atoms with van der Waals surface area (Å²) in [6.45, 7) is 9.59. The Labute approximate surface area is 236 Å². The van der Waals surface area contributed by atoms with E-state index in [0.717, 1.165) is 43.6 Å². The van der Waals surface area contributed by atoms with Crippen molar-refractivity contribution in [1.82, 2.24) is 9.99 Å². The number of para-hydroxylation sites is 1. The van der Waals surface area contributed by atoms with E-state index in [1.54, 1.807) is 42.6 Å². The number of hydrogen-bond acceptors (Lipinski definition) is 5. The van der Waals surface area contributed by atoms with Gasteiger partial charge in [0.15, 0.2) is 0 Å². The van der Waals surface area contributed by atoms with Gasteiger partial charge in [0.25, 0.3) is 15.9 Å². The van der Waals surface area contributed by atoms with Crippen LogP contribution >= 0.6 is 0 Å². The van der Waals surface area contributed by atoms with Crippen molar-refractivity contribution in [3.8, 4) is 11.4 Å². The summed E-state index contributed by atoms with van der Waals surface area (Å²) in [4.78, 5) is 13.1. The molecule has 1 amide bonds. The number of benzene rings is 3. The van der Waals surface area contributed by atoms with E-state index in [0.29, 0.717) is 11.4 Å². The average molecular weight is 559 g/mol. The standard InChI is InChI=1S/C31H34N4O4S/c1-21-13-15-29(16-14-21)40(37,38)34(27-11-8-12-28(18-27)39-6)20-30(36)33-32-19-26-17-24(4)35(25(26)5)31-22(2)9-7-10-23(31)3/h7-19H,20H2,1-6H3,(H,33,36)/b32-19-. The highest BCUT2D eigenvalue weighted by molar-refractivity contribution is 7.92. The highest BCUT2D eigenvalue weighted by Crippen LogP contribution is 2.28. The van der Waals surface area contributed by atoms with E-state index in [1.165, 1.54) is 19.2 Å². The molecule has 0 aliphatic heterocycles. The summed E-state index contributed by atoms with van der Waals surface area (Å²) in [7, 11) is -2.56. The van der Waals surface area contributed by atoms with Gasteiger partial charge in [0, 0.05) is 23.0 Å². The summed E-state index contributed by atoms with van der Waals surface area (Å²) in [5, 5.41) is 4.16. The number of amides is 1. The minimum atomic E-state index is -4.05. The molecule has 0 fully saturated rings. The normalized spacial score (nSPS) is 11.6. The lowest BCUT2D eigenvalue weighted by atomic mass is 10.1. The monoisotopic (exact) mass is 558 g/mol. The van der Waals surface area contributed by atoms with Crippen LogP contribution in [-0.2, 0) is 14.8 Å². The van der Waals surface area contributed by atoms with Crippen molar-refractivity contribution in [2.45, 2.75) is 39.5 Å². The number of hydrogen-bond donors (Lipinski definition) is 1. The summed E-state index contributed by atoms with van der Waals surface area (Å²) in [5.41, 5.74) is 10.0. The molecule has 0 saturated heterocycles. The summed E-state index contributed by atoms with van der Waals surface area (Å²) >= 11 is 0. The molecule has 208 valence electrons. The van der Waals surface area contributed by atoms with Crippen LogP contribution in [-0.4, -0.2) is 38.8 Å². The number of nitrogens with zero attached hydrogens (tertiary/aromatic N) is 3. The zero-order chi connectivity index (χ0) is 29.0. The predicted octanol–water partition coefficient (Wildman–Crippen LogP) is 5.37. The third kappa shape index (κ3) is 5.94. The van der Waals surface area contributed by atoms with E-state index in [1.807, 2.05) is 32.9 Å². The van der Waals surface area contributed by atoms with Crippen LogP contribution in [0, 0.1) is 34.6 Å². The van der Waals surface area contributed by atoms with E-state index in [-0.39, 0.29) is 4.90 Å². The van der Waals surface area contributed by atoms with Crippen LogP contribution < -0.4 is 14.5 Å². The molecule has 1 heterocycles. The Kier molecular flexibility index (Phi) is 8.44. The average Bonchev–Trinajstić information content (AvgIpc) is 3.20. The molecule has 0 aliphatic carbocycles. The number of methoxy groups -OCH3 is 1. The largest absolute Gasteiger partial charge is 0.497 e. The first kappa shape index (κ1) is 28.6. The van der Waals surface area contributed by atoms with E-state index in [9.17, 15) is 13.2 Å². The number of ether oxygens (including phenoxy) is 1. The number of hydrazone groups is 1. The fraction of sp³-hybridized carbons (Fsp3) is 0.226. The maximum atomic E-state index is 13.6. The quantitative estimate of drug-likeness (QED) is 0.221. The van der Waals surface area contributed by atoms with Crippen LogP contribution in [0.3, 0.4) is 0 Å². The van der Waals surface area contributed by atoms with E-state index < -0.39 is 22.5 Å². The number of aromatic nitrogens is 1. The van der Waals surface area contributed by atoms with E-state index in [4.69, 9.17) is 4.74 Å². The van der Waals surface area contributed by atoms with Crippen LogP contribution in [0.2, 0.25) is 0 Å². The molecule has 9 heteroatoms. The number of carbonyl (C=O) groups is 1. The van der Waals surface area contributed by atoms with Gasteiger partial charge in [-0.3, -0.25) is 9.10 Å². The SMILES string of the molecule is COc1cccc(N(CC(=O)N/N=C\c2cc(C)n(-c3c(C)cccc3C)c2C)S(=O)(=O)c2ccc(C)cc2)c1. The third-order valence-electron chi connectivity index (χ3n) is 6.76. The second-order valence-electron chi connectivity index (χ2n) is 9.72. The summed E-state index contributed by atoms with van der Waals surface area (Å²) < 4.78 is 35.7. The first-order valence-corrected chi connectivity index (χ1v) is 14.3. The van der Waals surface area contributed by atoms with Crippen LogP contribution in [0.5, 0.6) is 5.75 Å². The van der Waals surface area contributed by atoms with Crippen molar-refractivity contribution in [2.75, 3.05) is 18.0 Å².